The lowest BCUT2D eigenvalue weighted by Crippen LogP contribution is -2.55. The van der Waals surface area contributed by atoms with E-state index in [0.717, 1.165) is 0 Å². The van der Waals surface area contributed by atoms with Crippen LogP contribution in [0.1, 0.15) is 29.8 Å². The van der Waals surface area contributed by atoms with E-state index < -0.39 is 5.60 Å². The number of rotatable bonds is 3. The fourth-order valence-electron chi connectivity index (χ4n) is 2.59. The third kappa shape index (κ3) is 3.81. The number of carbonyl (C=O) groups excluding carboxylic acids is 1. The van der Waals surface area contributed by atoms with Crippen molar-refractivity contribution in [2.75, 3.05) is 26.8 Å². The Hall–Kier alpha value is -1.90. The van der Waals surface area contributed by atoms with Crippen molar-refractivity contribution < 1.29 is 14.3 Å². The molecule has 0 unspecified atom stereocenters. The predicted molar refractivity (Wildman–Crippen MR) is 77.9 cm³/mol. The second kappa shape index (κ2) is 6.25. The van der Waals surface area contributed by atoms with Gasteiger partial charge in [-0.25, -0.2) is 0 Å². The van der Waals surface area contributed by atoms with Gasteiger partial charge >= 0.3 is 0 Å². The SMILES string of the molecule is COC[C@H]1CN(C(=O)c2ccc(C#N)cc2)CC(C)(C)O1. The molecule has 5 nitrogen and oxygen atoms in total. The van der Waals surface area contributed by atoms with E-state index in [1.807, 2.05) is 19.9 Å². The molecule has 1 aliphatic rings. The highest BCUT2D eigenvalue weighted by Crippen LogP contribution is 2.22. The zero-order valence-corrected chi connectivity index (χ0v) is 12.6. The summed E-state index contributed by atoms with van der Waals surface area (Å²) in [6.45, 7) is 5.44. The van der Waals surface area contributed by atoms with Gasteiger partial charge in [0.1, 0.15) is 0 Å². The van der Waals surface area contributed by atoms with Gasteiger partial charge in [-0.2, -0.15) is 5.26 Å². The summed E-state index contributed by atoms with van der Waals surface area (Å²) in [5.74, 6) is -0.0445. The first-order valence-corrected chi connectivity index (χ1v) is 6.91. The summed E-state index contributed by atoms with van der Waals surface area (Å²) >= 11 is 0. The van der Waals surface area contributed by atoms with E-state index in [2.05, 4.69) is 0 Å². The third-order valence-electron chi connectivity index (χ3n) is 3.38. The monoisotopic (exact) mass is 288 g/mol. The second-order valence-electron chi connectivity index (χ2n) is 5.83. The van der Waals surface area contributed by atoms with Gasteiger partial charge in [-0.3, -0.25) is 4.79 Å². The average molecular weight is 288 g/mol. The molecule has 0 radical (unpaired) electrons. The number of benzene rings is 1. The van der Waals surface area contributed by atoms with Crippen molar-refractivity contribution >= 4 is 5.91 Å². The lowest BCUT2D eigenvalue weighted by atomic mass is 10.0. The highest BCUT2D eigenvalue weighted by atomic mass is 16.5. The molecule has 0 bridgehead atoms. The van der Waals surface area contributed by atoms with Crippen LogP contribution in [0.5, 0.6) is 0 Å². The summed E-state index contributed by atoms with van der Waals surface area (Å²) in [7, 11) is 1.62. The first-order valence-electron chi connectivity index (χ1n) is 6.91. The second-order valence-corrected chi connectivity index (χ2v) is 5.83. The molecule has 1 aromatic rings. The summed E-state index contributed by atoms with van der Waals surface area (Å²) in [6, 6.07) is 8.74. The molecule has 0 aliphatic carbocycles. The van der Waals surface area contributed by atoms with Crippen LogP contribution in [0.15, 0.2) is 24.3 Å². The highest BCUT2D eigenvalue weighted by Gasteiger charge is 2.35. The minimum Gasteiger partial charge on any atom is -0.382 e. The van der Waals surface area contributed by atoms with Gasteiger partial charge in [0.05, 0.1) is 29.9 Å². The van der Waals surface area contributed by atoms with Crippen LogP contribution < -0.4 is 0 Å². The van der Waals surface area contributed by atoms with Gasteiger partial charge < -0.3 is 14.4 Å². The van der Waals surface area contributed by atoms with Crippen LogP contribution in [-0.2, 0) is 9.47 Å². The molecule has 1 saturated heterocycles. The number of carbonyl (C=O) groups is 1. The summed E-state index contributed by atoms with van der Waals surface area (Å²) < 4.78 is 11.0. The zero-order valence-electron chi connectivity index (χ0n) is 12.6. The minimum atomic E-state index is -0.399. The number of amides is 1. The molecule has 0 aromatic heterocycles. The van der Waals surface area contributed by atoms with Crippen molar-refractivity contribution in [3.05, 3.63) is 35.4 Å². The van der Waals surface area contributed by atoms with Crippen molar-refractivity contribution in [3.8, 4) is 6.07 Å². The Morgan fingerprint density at radius 3 is 2.71 bits per heavy atom. The number of hydrogen-bond acceptors (Lipinski definition) is 4. The molecular formula is C16H20N2O3. The molecule has 112 valence electrons. The summed E-state index contributed by atoms with van der Waals surface area (Å²) in [6.07, 6.45) is -0.124. The van der Waals surface area contributed by atoms with E-state index in [0.29, 0.717) is 30.8 Å². The van der Waals surface area contributed by atoms with Crippen LogP contribution in [0.4, 0.5) is 0 Å². The largest absolute Gasteiger partial charge is 0.382 e. The van der Waals surface area contributed by atoms with Crippen LogP contribution in [0.2, 0.25) is 0 Å². The summed E-state index contributed by atoms with van der Waals surface area (Å²) in [5, 5.41) is 8.80. The molecule has 1 amide bonds. The third-order valence-corrected chi connectivity index (χ3v) is 3.38. The van der Waals surface area contributed by atoms with Crippen molar-refractivity contribution in [3.63, 3.8) is 0 Å². The van der Waals surface area contributed by atoms with Crippen molar-refractivity contribution in [2.45, 2.75) is 25.6 Å². The lowest BCUT2D eigenvalue weighted by molar-refractivity contribution is -0.143. The Labute approximate surface area is 125 Å². The van der Waals surface area contributed by atoms with E-state index in [1.165, 1.54) is 0 Å². The van der Waals surface area contributed by atoms with Crippen molar-refractivity contribution in [1.29, 1.82) is 5.26 Å². The highest BCUT2D eigenvalue weighted by molar-refractivity contribution is 5.94. The van der Waals surface area contributed by atoms with Gasteiger partial charge in [0, 0.05) is 25.8 Å². The van der Waals surface area contributed by atoms with Gasteiger partial charge in [-0.1, -0.05) is 0 Å². The van der Waals surface area contributed by atoms with Gasteiger partial charge in [0.25, 0.3) is 5.91 Å². The Morgan fingerprint density at radius 1 is 1.48 bits per heavy atom. The maximum Gasteiger partial charge on any atom is 0.254 e. The lowest BCUT2D eigenvalue weighted by Gasteiger charge is -2.42. The van der Waals surface area contributed by atoms with Gasteiger partial charge in [-0.15, -0.1) is 0 Å². The van der Waals surface area contributed by atoms with Crippen LogP contribution in [0.3, 0.4) is 0 Å². The van der Waals surface area contributed by atoms with Crippen molar-refractivity contribution in [1.82, 2.24) is 4.90 Å². The Morgan fingerprint density at radius 2 is 2.14 bits per heavy atom. The maximum atomic E-state index is 12.6. The number of methoxy groups -OCH3 is 1. The molecule has 0 spiro atoms. The quantitative estimate of drug-likeness (QED) is 0.851. The molecule has 21 heavy (non-hydrogen) atoms. The van der Waals surface area contributed by atoms with Gasteiger partial charge in [0.2, 0.25) is 0 Å². The normalized spacial score (nSPS) is 20.9. The Bertz CT molecular complexity index is 546. The number of ether oxygens (including phenoxy) is 2. The maximum absolute atomic E-state index is 12.6. The van der Waals surface area contributed by atoms with Gasteiger partial charge in [0.15, 0.2) is 0 Å². The summed E-state index contributed by atoms with van der Waals surface area (Å²) in [5.41, 5.74) is 0.734. The van der Waals surface area contributed by atoms with Crippen LogP contribution in [0, 0.1) is 11.3 Å². The molecule has 1 aromatic carbocycles. The molecule has 1 aliphatic heterocycles. The van der Waals surface area contributed by atoms with Crippen LogP contribution in [0.25, 0.3) is 0 Å². The topological polar surface area (TPSA) is 62.6 Å². The van der Waals surface area contributed by atoms with Crippen LogP contribution in [-0.4, -0.2) is 49.3 Å². The molecule has 5 heteroatoms. The molecule has 1 heterocycles. The predicted octanol–water partition coefficient (Wildman–Crippen LogP) is 1.82. The fourth-order valence-corrected chi connectivity index (χ4v) is 2.59. The smallest absolute Gasteiger partial charge is 0.254 e. The standard InChI is InChI=1S/C16H20N2O3/c1-16(2)11-18(9-14(21-16)10-20-3)15(19)13-6-4-12(8-17)5-7-13/h4-7,14H,9-11H2,1-3H3/t14-/m1/s1. The van der Waals surface area contributed by atoms with E-state index >= 15 is 0 Å². The Kier molecular flexibility index (Phi) is 4.61. The van der Waals surface area contributed by atoms with E-state index in [-0.39, 0.29) is 12.0 Å². The molecule has 0 N–H and O–H groups in total. The van der Waals surface area contributed by atoms with Crippen LogP contribution >= 0.6 is 0 Å². The minimum absolute atomic E-state index is 0.0445. The van der Waals surface area contributed by atoms with E-state index in [4.69, 9.17) is 14.7 Å². The number of hydrogen-bond donors (Lipinski definition) is 0. The van der Waals surface area contributed by atoms with E-state index in [9.17, 15) is 4.79 Å². The molecule has 0 saturated carbocycles. The average Bonchev–Trinajstić information content (AvgIpc) is 2.45. The van der Waals surface area contributed by atoms with Crippen molar-refractivity contribution in [2.24, 2.45) is 0 Å². The number of nitrogens with zero attached hydrogens (tertiary/aromatic N) is 2. The van der Waals surface area contributed by atoms with Gasteiger partial charge in [-0.05, 0) is 38.1 Å². The first-order chi connectivity index (χ1) is 9.95. The zero-order chi connectivity index (χ0) is 15.5. The van der Waals surface area contributed by atoms with E-state index in [1.54, 1.807) is 36.3 Å². The fraction of sp³-hybridized carbons (Fsp3) is 0.500. The number of morpholine rings is 1. The molecule has 2 rings (SSSR count). The molecule has 1 atom stereocenters. The number of nitriles is 1. The molecular weight excluding hydrogens is 268 g/mol. The first kappa shape index (κ1) is 15.5. The Balaban J connectivity index is 2.14. The summed E-state index contributed by atoms with van der Waals surface area (Å²) in [4.78, 5) is 14.4. The molecule has 1 fully saturated rings.